The SMILES string of the molecule is COc1cccc(N2C(=O)C(O)=C(C(=O)c3cccs3)C2c2ccc(O)cc2)c1. The van der Waals surface area contributed by atoms with Crippen LogP contribution in [0.25, 0.3) is 0 Å². The van der Waals surface area contributed by atoms with Gasteiger partial charge in [0, 0.05) is 11.8 Å². The molecule has 2 heterocycles. The van der Waals surface area contributed by atoms with Crippen molar-refractivity contribution in [3.63, 3.8) is 0 Å². The summed E-state index contributed by atoms with van der Waals surface area (Å²) in [6.45, 7) is 0. The summed E-state index contributed by atoms with van der Waals surface area (Å²) in [5.74, 6) is -1.06. The summed E-state index contributed by atoms with van der Waals surface area (Å²) in [6, 6.07) is 15.6. The lowest BCUT2D eigenvalue weighted by atomic mass is 9.95. The van der Waals surface area contributed by atoms with E-state index in [4.69, 9.17) is 4.74 Å². The Morgan fingerprint density at radius 3 is 2.48 bits per heavy atom. The summed E-state index contributed by atoms with van der Waals surface area (Å²) < 4.78 is 5.25. The van der Waals surface area contributed by atoms with Gasteiger partial charge >= 0.3 is 0 Å². The third-order valence-corrected chi connectivity index (χ3v) is 5.61. The second-order valence-corrected chi connectivity index (χ2v) is 7.39. The first-order valence-electron chi connectivity index (χ1n) is 8.79. The number of anilines is 1. The Hall–Kier alpha value is -3.58. The number of benzene rings is 2. The predicted molar refractivity (Wildman–Crippen MR) is 110 cm³/mol. The Morgan fingerprint density at radius 2 is 1.83 bits per heavy atom. The number of amides is 1. The smallest absolute Gasteiger partial charge is 0.294 e. The number of phenolic OH excluding ortho intramolecular Hbond substituents is 1. The number of hydrogen-bond acceptors (Lipinski definition) is 6. The molecule has 1 unspecified atom stereocenters. The molecule has 4 rings (SSSR count). The largest absolute Gasteiger partial charge is 0.508 e. The summed E-state index contributed by atoms with van der Waals surface area (Å²) >= 11 is 1.24. The van der Waals surface area contributed by atoms with Crippen molar-refractivity contribution in [3.8, 4) is 11.5 Å². The van der Waals surface area contributed by atoms with Gasteiger partial charge < -0.3 is 14.9 Å². The van der Waals surface area contributed by atoms with Gasteiger partial charge in [-0.1, -0.05) is 24.3 Å². The Labute approximate surface area is 170 Å². The number of aromatic hydroxyl groups is 1. The molecule has 6 nitrogen and oxygen atoms in total. The van der Waals surface area contributed by atoms with E-state index in [2.05, 4.69) is 0 Å². The molecule has 0 fully saturated rings. The van der Waals surface area contributed by atoms with Crippen molar-refractivity contribution in [3.05, 3.63) is 87.8 Å². The van der Waals surface area contributed by atoms with E-state index in [1.54, 1.807) is 53.9 Å². The molecule has 1 aliphatic rings. The van der Waals surface area contributed by atoms with Crippen molar-refractivity contribution < 1.29 is 24.5 Å². The van der Waals surface area contributed by atoms with Gasteiger partial charge in [0.05, 0.1) is 23.6 Å². The van der Waals surface area contributed by atoms with Crippen LogP contribution < -0.4 is 9.64 Å². The number of thiophene rings is 1. The lowest BCUT2D eigenvalue weighted by Gasteiger charge is -2.27. The summed E-state index contributed by atoms with van der Waals surface area (Å²) in [5, 5.41) is 22.1. The zero-order chi connectivity index (χ0) is 20.5. The number of nitrogens with zero attached hydrogens (tertiary/aromatic N) is 1. The van der Waals surface area contributed by atoms with Crippen LogP contribution in [0.2, 0.25) is 0 Å². The maximum Gasteiger partial charge on any atom is 0.294 e. The quantitative estimate of drug-likeness (QED) is 0.618. The molecule has 0 bridgehead atoms. The third kappa shape index (κ3) is 3.25. The molecule has 146 valence electrons. The molecule has 0 saturated heterocycles. The highest BCUT2D eigenvalue weighted by atomic mass is 32.1. The summed E-state index contributed by atoms with van der Waals surface area (Å²) in [7, 11) is 1.52. The van der Waals surface area contributed by atoms with E-state index in [0.29, 0.717) is 21.9 Å². The number of phenols is 1. The molecule has 0 spiro atoms. The number of aliphatic hydroxyl groups is 1. The molecule has 2 N–H and O–H groups in total. The first-order valence-corrected chi connectivity index (χ1v) is 9.67. The normalized spacial score (nSPS) is 16.4. The zero-order valence-electron chi connectivity index (χ0n) is 15.4. The van der Waals surface area contributed by atoms with Gasteiger partial charge in [-0.15, -0.1) is 11.3 Å². The van der Waals surface area contributed by atoms with Gasteiger partial charge in [-0.3, -0.25) is 14.5 Å². The van der Waals surface area contributed by atoms with Gasteiger partial charge in [0.25, 0.3) is 5.91 Å². The second-order valence-electron chi connectivity index (χ2n) is 6.44. The molecule has 0 radical (unpaired) electrons. The fourth-order valence-electron chi connectivity index (χ4n) is 3.38. The Kier molecular flexibility index (Phi) is 4.82. The molecule has 29 heavy (non-hydrogen) atoms. The minimum atomic E-state index is -0.843. The number of methoxy groups -OCH3 is 1. The lowest BCUT2D eigenvalue weighted by Crippen LogP contribution is -2.31. The molecular weight excluding hydrogens is 390 g/mol. The van der Waals surface area contributed by atoms with E-state index in [9.17, 15) is 19.8 Å². The molecular formula is C22H17NO5S. The molecule has 0 aliphatic carbocycles. The highest BCUT2D eigenvalue weighted by molar-refractivity contribution is 7.12. The summed E-state index contributed by atoms with van der Waals surface area (Å²) in [6.07, 6.45) is 0. The minimum absolute atomic E-state index is 0.00552. The van der Waals surface area contributed by atoms with E-state index in [-0.39, 0.29) is 11.3 Å². The third-order valence-electron chi connectivity index (χ3n) is 4.74. The number of Topliss-reactive ketones (excluding diaryl/α,β-unsaturated/α-hetero) is 1. The van der Waals surface area contributed by atoms with Crippen LogP contribution >= 0.6 is 11.3 Å². The fraction of sp³-hybridized carbons (Fsp3) is 0.0909. The van der Waals surface area contributed by atoms with Crippen LogP contribution in [0.5, 0.6) is 11.5 Å². The average Bonchev–Trinajstić information content (AvgIpc) is 3.36. The fourth-order valence-corrected chi connectivity index (χ4v) is 4.05. The van der Waals surface area contributed by atoms with Gasteiger partial charge in [0.1, 0.15) is 11.5 Å². The number of aliphatic hydroxyl groups excluding tert-OH is 1. The van der Waals surface area contributed by atoms with E-state index in [1.165, 1.54) is 35.5 Å². The van der Waals surface area contributed by atoms with Crippen molar-refractivity contribution >= 4 is 28.7 Å². The van der Waals surface area contributed by atoms with Gasteiger partial charge in [-0.05, 0) is 41.3 Å². The summed E-state index contributed by atoms with van der Waals surface area (Å²) in [5.41, 5.74) is 1.07. The molecule has 7 heteroatoms. The van der Waals surface area contributed by atoms with E-state index >= 15 is 0 Å². The van der Waals surface area contributed by atoms with Crippen molar-refractivity contribution in [1.82, 2.24) is 0 Å². The monoisotopic (exact) mass is 407 g/mol. The molecule has 1 aliphatic heterocycles. The summed E-state index contributed by atoms with van der Waals surface area (Å²) in [4.78, 5) is 28.0. The van der Waals surface area contributed by atoms with Gasteiger partial charge in [0.2, 0.25) is 5.78 Å². The van der Waals surface area contributed by atoms with E-state index in [0.717, 1.165) is 0 Å². The van der Waals surface area contributed by atoms with Crippen LogP contribution in [-0.2, 0) is 4.79 Å². The van der Waals surface area contributed by atoms with Gasteiger partial charge in [0.15, 0.2) is 5.76 Å². The van der Waals surface area contributed by atoms with Crippen LogP contribution in [0.15, 0.2) is 77.4 Å². The van der Waals surface area contributed by atoms with Gasteiger partial charge in [-0.2, -0.15) is 0 Å². The molecule has 0 saturated carbocycles. The number of ketones is 1. The Bertz CT molecular complexity index is 1100. The number of rotatable bonds is 5. The maximum atomic E-state index is 13.2. The topological polar surface area (TPSA) is 87.1 Å². The van der Waals surface area contributed by atoms with Crippen molar-refractivity contribution in [2.75, 3.05) is 12.0 Å². The Balaban J connectivity index is 1.88. The number of ether oxygens (including phenoxy) is 1. The molecule has 3 aromatic rings. The minimum Gasteiger partial charge on any atom is -0.508 e. The van der Waals surface area contributed by atoms with Crippen molar-refractivity contribution in [1.29, 1.82) is 0 Å². The highest BCUT2D eigenvalue weighted by Crippen LogP contribution is 2.43. The molecule has 1 atom stereocenters. The Morgan fingerprint density at radius 1 is 1.07 bits per heavy atom. The maximum absolute atomic E-state index is 13.2. The van der Waals surface area contributed by atoms with Crippen LogP contribution in [0.4, 0.5) is 5.69 Å². The predicted octanol–water partition coefficient (Wildman–Crippen LogP) is 4.25. The number of hydrogen-bond donors (Lipinski definition) is 2. The molecule has 1 aromatic heterocycles. The molecule has 2 aromatic carbocycles. The molecule has 1 amide bonds. The number of carbonyl (C=O) groups excluding carboxylic acids is 2. The van der Waals surface area contributed by atoms with Crippen molar-refractivity contribution in [2.24, 2.45) is 0 Å². The van der Waals surface area contributed by atoms with Crippen molar-refractivity contribution in [2.45, 2.75) is 6.04 Å². The second kappa shape index (κ2) is 7.44. The number of carbonyl (C=O) groups is 2. The highest BCUT2D eigenvalue weighted by Gasteiger charge is 2.44. The standard InChI is InChI=1S/C22H17NO5S/c1-28-16-5-2-4-14(12-16)23-19(13-7-9-15(24)10-8-13)18(21(26)22(23)27)20(25)17-6-3-11-29-17/h2-12,19,24,26H,1H3. The average molecular weight is 407 g/mol. The van der Waals surface area contributed by atoms with E-state index < -0.39 is 23.5 Å². The van der Waals surface area contributed by atoms with Crippen LogP contribution in [0, 0.1) is 0 Å². The van der Waals surface area contributed by atoms with Crippen LogP contribution in [0.3, 0.4) is 0 Å². The first kappa shape index (κ1) is 18.8. The van der Waals surface area contributed by atoms with Crippen LogP contribution in [0.1, 0.15) is 21.3 Å². The van der Waals surface area contributed by atoms with Gasteiger partial charge in [-0.25, -0.2) is 0 Å². The first-order chi connectivity index (χ1) is 14.0. The lowest BCUT2D eigenvalue weighted by molar-refractivity contribution is -0.117. The van der Waals surface area contributed by atoms with E-state index in [1.807, 2.05) is 0 Å². The van der Waals surface area contributed by atoms with Crippen LogP contribution in [-0.4, -0.2) is 29.0 Å². The zero-order valence-corrected chi connectivity index (χ0v) is 16.2.